The number of aliphatic hydroxyl groups excluding tert-OH is 1. The fourth-order valence-electron chi connectivity index (χ4n) is 1.99. The van der Waals surface area contributed by atoms with Crippen LogP contribution in [0, 0.1) is 11.6 Å². The number of thiophene rings is 1. The largest absolute Gasteiger partial charge is 0.387 e. The molecule has 0 aliphatic rings. The van der Waals surface area contributed by atoms with E-state index in [2.05, 4.69) is 20.8 Å². The summed E-state index contributed by atoms with van der Waals surface area (Å²) in [5.41, 5.74) is 0.494. The molecule has 1 N–H and O–H groups in total. The van der Waals surface area contributed by atoms with Crippen molar-refractivity contribution in [2.24, 2.45) is 0 Å². The molecule has 4 heteroatoms. The molecular formula is C16H18F2OS. The van der Waals surface area contributed by atoms with Gasteiger partial charge >= 0.3 is 0 Å². The van der Waals surface area contributed by atoms with Crippen molar-refractivity contribution in [1.29, 1.82) is 0 Å². The van der Waals surface area contributed by atoms with E-state index < -0.39 is 17.7 Å². The lowest BCUT2D eigenvalue weighted by atomic mass is 9.95. The van der Waals surface area contributed by atoms with E-state index in [0.717, 1.165) is 10.9 Å². The summed E-state index contributed by atoms with van der Waals surface area (Å²) >= 11 is 1.54. The maximum atomic E-state index is 13.1. The first-order valence-corrected chi connectivity index (χ1v) is 7.30. The van der Waals surface area contributed by atoms with Crippen LogP contribution >= 0.6 is 11.3 Å². The van der Waals surface area contributed by atoms with E-state index in [9.17, 15) is 13.9 Å². The molecular weight excluding hydrogens is 278 g/mol. The molecule has 2 aromatic rings. The molecule has 0 spiro atoms. The number of benzene rings is 1. The monoisotopic (exact) mass is 296 g/mol. The van der Waals surface area contributed by atoms with Crippen LogP contribution in [-0.4, -0.2) is 5.11 Å². The molecule has 1 unspecified atom stereocenters. The van der Waals surface area contributed by atoms with E-state index in [-0.39, 0.29) is 11.8 Å². The van der Waals surface area contributed by atoms with E-state index in [0.29, 0.717) is 5.56 Å². The van der Waals surface area contributed by atoms with Crippen LogP contribution in [0.15, 0.2) is 30.3 Å². The molecule has 2 rings (SSSR count). The van der Waals surface area contributed by atoms with Crippen LogP contribution in [0.5, 0.6) is 0 Å². The molecule has 1 atom stereocenters. The maximum Gasteiger partial charge on any atom is 0.126 e. The Bertz CT molecular complexity index is 579. The molecule has 0 aliphatic heterocycles. The Labute approximate surface area is 121 Å². The van der Waals surface area contributed by atoms with Gasteiger partial charge in [0.05, 0.1) is 6.10 Å². The summed E-state index contributed by atoms with van der Waals surface area (Å²) in [6, 6.07) is 7.22. The third-order valence-electron chi connectivity index (χ3n) is 3.05. The van der Waals surface area contributed by atoms with Gasteiger partial charge in [0.15, 0.2) is 0 Å². The molecule has 1 aromatic heterocycles. The molecule has 108 valence electrons. The summed E-state index contributed by atoms with van der Waals surface area (Å²) in [4.78, 5) is 2.00. The molecule has 0 amide bonds. The van der Waals surface area contributed by atoms with Gasteiger partial charge in [-0.2, -0.15) is 0 Å². The highest BCUT2D eigenvalue weighted by molar-refractivity contribution is 7.12. The van der Waals surface area contributed by atoms with Gasteiger partial charge in [-0.1, -0.05) is 20.8 Å². The summed E-state index contributed by atoms with van der Waals surface area (Å²) in [7, 11) is 0. The standard InChI is InChI=1S/C16H18F2OS/c1-16(2,3)15-5-4-14(20-15)13(19)8-10-6-11(17)9-12(18)7-10/h4-7,9,13,19H,8H2,1-3H3. The van der Waals surface area contributed by atoms with Gasteiger partial charge in [-0.3, -0.25) is 0 Å². The van der Waals surface area contributed by atoms with Gasteiger partial charge in [0, 0.05) is 22.2 Å². The summed E-state index contributed by atoms with van der Waals surface area (Å²) in [6.45, 7) is 6.32. The number of rotatable bonds is 3. The summed E-state index contributed by atoms with van der Waals surface area (Å²) < 4.78 is 26.2. The highest BCUT2D eigenvalue weighted by Crippen LogP contribution is 2.33. The third kappa shape index (κ3) is 3.64. The SMILES string of the molecule is CC(C)(C)c1ccc(C(O)Cc2cc(F)cc(F)c2)s1. The second kappa shape index (κ2) is 5.62. The topological polar surface area (TPSA) is 20.2 Å². The first-order valence-electron chi connectivity index (χ1n) is 6.49. The van der Waals surface area contributed by atoms with Gasteiger partial charge in [-0.05, 0) is 35.2 Å². The van der Waals surface area contributed by atoms with Crippen molar-refractivity contribution < 1.29 is 13.9 Å². The lowest BCUT2D eigenvalue weighted by molar-refractivity contribution is 0.182. The molecule has 0 fully saturated rings. The van der Waals surface area contributed by atoms with Gasteiger partial charge in [0.1, 0.15) is 11.6 Å². The Morgan fingerprint density at radius 1 is 1.10 bits per heavy atom. The minimum atomic E-state index is -0.739. The Balaban J connectivity index is 2.15. The third-order valence-corrected chi connectivity index (χ3v) is 4.66. The second-order valence-electron chi connectivity index (χ2n) is 5.95. The van der Waals surface area contributed by atoms with E-state index in [4.69, 9.17) is 0 Å². The lowest BCUT2D eigenvalue weighted by Crippen LogP contribution is -2.08. The van der Waals surface area contributed by atoms with E-state index in [1.165, 1.54) is 28.3 Å². The molecule has 1 nitrogen and oxygen atoms in total. The van der Waals surface area contributed by atoms with Crippen molar-refractivity contribution in [2.75, 3.05) is 0 Å². The van der Waals surface area contributed by atoms with Gasteiger partial charge in [-0.25, -0.2) is 8.78 Å². The minimum Gasteiger partial charge on any atom is -0.387 e. The lowest BCUT2D eigenvalue weighted by Gasteiger charge is -2.15. The highest BCUT2D eigenvalue weighted by Gasteiger charge is 2.19. The summed E-state index contributed by atoms with van der Waals surface area (Å²) in [6.07, 6.45) is -0.531. The molecule has 0 bridgehead atoms. The molecule has 20 heavy (non-hydrogen) atoms. The van der Waals surface area contributed by atoms with Crippen LogP contribution in [0.1, 0.15) is 42.2 Å². The van der Waals surface area contributed by atoms with Gasteiger partial charge in [-0.15, -0.1) is 11.3 Å². The molecule has 1 heterocycles. The zero-order valence-electron chi connectivity index (χ0n) is 11.8. The van der Waals surface area contributed by atoms with Crippen LogP contribution in [0.2, 0.25) is 0 Å². The molecule has 0 saturated heterocycles. The first kappa shape index (κ1) is 15.1. The molecule has 0 aliphatic carbocycles. The number of hydrogen-bond acceptors (Lipinski definition) is 2. The predicted molar refractivity (Wildman–Crippen MR) is 78.0 cm³/mol. The first-order chi connectivity index (χ1) is 9.25. The van der Waals surface area contributed by atoms with Crippen LogP contribution in [0.4, 0.5) is 8.78 Å². The molecule has 0 radical (unpaired) electrons. The minimum absolute atomic E-state index is 0.0353. The van der Waals surface area contributed by atoms with E-state index in [1.54, 1.807) is 0 Å². The Kier molecular flexibility index (Phi) is 4.25. The summed E-state index contributed by atoms with van der Waals surface area (Å²) in [5.74, 6) is -1.23. The number of hydrogen-bond donors (Lipinski definition) is 1. The van der Waals surface area contributed by atoms with Crippen molar-refractivity contribution in [1.82, 2.24) is 0 Å². The van der Waals surface area contributed by atoms with Crippen molar-refractivity contribution >= 4 is 11.3 Å². The Morgan fingerprint density at radius 3 is 2.20 bits per heavy atom. The number of aliphatic hydroxyl groups is 1. The Morgan fingerprint density at radius 2 is 1.70 bits per heavy atom. The van der Waals surface area contributed by atoms with Crippen molar-refractivity contribution in [3.05, 3.63) is 57.3 Å². The fraction of sp³-hybridized carbons (Fsp3) is 0.375. The van der Waals surface area contributed by atoms with E-state index in [1.807, 2.05) is 12.1 Å². The average Bonchev–Trinajstić information content (AvgIpc) is 2.75. The Hall–Kier alpha value is -1.26. The zero-order chi connectivity index (χ0) is 14.9. The van der Waals surface area contributed by atoms with Crippen LogP contribution in [-0.2, 0) is 11.8 Å². The summed E-state index contributed by atoms with van der Waals surface area (Å²) in [5, 5.41) is 10.2. The van der Waals surface area contributed by atoms with Gasteiger partial charge in [0.25, 0.3) is 0 Å². The predicted octanol–water partition coefficient (Wildman–Crippen LogP) is 4.60. The van der Waals surface area contributed by atoms with Crippen LogP contribution < -0.4 is 0 Å². The normalized spacial score (nSPS) is 13.5. The van der Waals surface area contributed by atoms with Crippen molar-refractivity contribution in [2.45, 2.75) is 38.7 Å². The smallest absolute Gasteiger partial charge is 0.126 e. The quantitative estimate of drug-likeness (QED) is 0.877. The van der Waals surface area contributed by atoms with Crippen molar-refractivity contribution in [3.8, 4) is 0 Å². The second-order valence-corrected chi connectivity index (χ2v) is 7.06. The molecule has 0 saturated carbocycles. The van der Waals surface area contributed by atoms with Crippen molar-refractivity contribution in [3.63, 3.8) is 0 Å². The van der Waals surface area contributed by atoms with E-state index >= 15 is 0 Å². The molecule has 1 aromatic carbocycles. The van der Waals surface area contributed by atoms with Gasteiger partial charge in [0.2, 0.25) is 0 Å². The maximum absolute atomic E-state index is 13.1. The van der Waals surface area contributed by atoms with Gasteiger partial charge < -0.3 is 5.11 Å². The number of halogens is 2. The fourth-order valence-corrected chi connectivity index (χ4v) is 3.04. The van der Waals surface area contributed by atoms with Crippen LogP contribution in [0.3, 0.4) is 0 Å². The van der Waals surface area contributed by atoms with Crippen LogP contribution in [0.25, 0.3) is 0 Å². The average molecular weight is 296 g/mol. The zero-order valence-corrected chi connectivity index (χ0v) is 12.6. The highest BCUT2D eigenvalue weighted by atomic mass is 32.1.